The SMILES string of the molecule is CN(C)CCN(C)CCN(C)C=O. The molecular formula is C9H21N3O. The molecule has 0 bridgehead atoms. The van der Waals surface area contributed by atoms with Gasteiger partial charge in [-0.25, -0.2) is 0 Å². The van der Waals surface area contributed by atoms with Crippen molar-refractivity contribution in [3.8, 4) is 0 Å². The summed E-state index contributed by atoms with van der Waals surface area (Å²) in [4.78, 5) is 16.3. The number of rotatable bonds is 7. The quantitative estimate of drug-likeness (QED) is 0.506. The topological polar surface area (TPSA) is 26.8 Å². The van der Waals surface area contributed by atoms with E-state index < -0.39 is 0 Å². The van der Waals surface area contributed by atoms with Crippen LogP contribution in [0.5, 0.6) is 0 Å². The molecule has 0 aromatic heterocycles. The van der Waals surface area contributed by atoms with Crippen LogP contribution in [0.15, 0.2) is 0 Å². The summed E-state index contributed by atoms with van der Waals surface area (Å²) in [6.07, 6.45) is 0.861. The smallest absolute Gasteiger partial charge is 0.209 e. The van der Waals surface area contributed by atoms with E-state index in [1.807, 2.05) is 0 Å². The molecule has 0 spiro atoms. The first-order chi connectivity index (χ1) is 6.06. The summed E-state index contributed by atoms with van der Waals surface area (Å²) in [5.74, 6) is 0. The lowest BCUT2D eigenvalue weighted by atomic mass is 10.4. The van der Waals surface area contributed by atoms with Gasteiger partial charge < -0.3 is 14.7 Å². The summed E-state index contributed by atoms with van der Waals surface area (Å²) in [5, 5.41) is 0. The predicted octanol–water partition coefficient (Wildman–Crippen LogP) is -0.432. The highest BCUT2D eigenvalue weighted by Gasteiger charge is 2.00. The third-order valence-electron chi connectivity index (χ3n) is 1.94. The zero-order valence-corrected chi connectivity index (χ0v) is 9.16. The van der Waals surface area contributed by atoms with Crippen molar-refractivity contribution in [1.82, 2.24) is 14.7 Å². The van der Waals surface area contributed by atoms with E-state index in [1.165, 1.54) is 0 Å². The fraction of sp³-hybridized carbons (Fsp3) is 0.889. The van der Waals surface area contributed by atoms with E-state index in [1.54, 1.807) is 11.9 Å². The second-order valence-corrected chi connectivity index (χ2v) is 3.69. The van der Waals surface area contributed by atoms with Gasteiger partial charge >= 0.3 is 0 Å². The molecule has 4 heteroatoms. The molecule has 78 valence electrons. The van der Waals surface area contributed by atoms with Crippen LogP contribution in [0.2, 0.25) is 0 Å². The van der Waals surface area contributed by atoms with E-state index in [2.05, 4.69) is 30.9 Å². The Morgan fingerprint density at radius 2 is 1.46 bits per heavy atom. The Kier molecular flexibility index (Phi) is 6.54. The van der Waals surface area contributed by atoms with Crippen molar-refractivity contribution in [1.29, 1.82) is 0 Å². The van der Waals surface area contributed by atoms with Crippen LogP contribution >= 0.6 is 0 Å². The van der Waals surface area contributed by atoms with Gasteiger partial charge in [-0.3, -0.25) is 4.79 Å². The van der Waals surface area contributed by atoms with E-state index in [-0.39, 0.29) is 0 Å². The average molecular weight is 187 g/mol. The van der Waals surface area contributed by atoms with Crippen LogP contribution in [0.4, 0.5) is 0 Å². The maximum absolute atomic E-state index is 10.3. The van der Waals surface area contributed by atoms with E-state index in [4.69, 9.17) is 0 Å². The van der Waals surface area contributed by atoms with Crippen molar-refractivity contribution in [2.24, 2.45) is 0 Å². The second kappa shape index (κ2) is 6.86. The Bertz CT molecular complexity index is 139. The van der Waals surface area contributed by atoms with Crippen LogP contribution < -0.4 is 0 Å². The minimum absolute atomic E-state index is 0.799. The summed E-state index contributed by atoms with van der Waals surface area (Å²) in [7, 11) is 7.99. The van der Waals surface area contributed by atoms with Crippen LogP contribution in [0.25, 0.3) is 0 Å². The van der Waals surface area contributed by atoms with Gasteiger partial charge in [0.05, 0.1) is 0 Å². The van der Waals surface area contributed by atoms with Crippen molar-refractivity contribution in [3.63, 3.8) is 0 Å². The van der Waals surface area contributed by atoms with Gasteiger partial charge in [0.1, 0.15) is 0 Å². The van der Waals surface area contributed by atoms with Crippen molar-refractivity contribution >= 4 is 6.41 Å². The maximum atomic E-state index is 10.3. The highest BCUT2D eigenvalue weighted by atomic mass is 16.1. The Hall–Kier alpha value is -0.610. The van der Waals surface area contributed by atoms with Gasteiger partial charge in [0, 0.05) is 33.2 Å². The zero-order valence-electron chi connectivity index (χ0n) is 9.16. The molecule has 0 heterocycles. The normalized spacial score (nSPS) is 10.9. The molecule has 0 aromatic rings. The summed E-state index contributed by atoms with van der Waals surface area (Å²) >= 11 is 0. The molecule has 0 saturated carbocycles. The highest BCUT2D eigenvalue weighted by molar-refractivity contribution is 5.46. The van der Waals surface area contributed by atoms with Crippen molar-refractivity contribution < 1.29 is 4.79 Å². The summed E-state index contributed by atoms with van der Waals surface area (Å²) < 4.78 is 0. The first-order valence-electron chi connectivity index (χ1n) is 4.55. The van der Waals surface area contributed by atoms with Crippen molar-refractivity contribution in [3.05, 3.63) is 0 Å². The Labute approximate surface area is 81.1 Å². The van der Waals surface area contributed by atoms with Gasteiger partial charge in [-0.15, -0.1) is 0 Å². The van der Waals surface area contributed by atoms with Gasteiger partial charge in [0.15, 0.2) is 0 Å². The lowest BCUT2D eigenvalue weighted by Crippen LogP contribution is -2.34. The lowest BCUT2D eigenvalue weighted by molar-refractivity contribution is -0.117. The van der Waals surface area contributed by atoms with Crippen LogP contribution in [-0.4, -0.2) is 75.5 Å². The van der Waals surface area contributed by atoms with E-state index in [0.717, 1.165) is 32.6 Å². The van der Waals surface area contributed by atoms with E-state index >= 15 is 0 Å². The fourth-order valence-corrected chi connectivity index (χ4v) is 0.864. The molecule has 0 aliphatic rings. The molecular weight excluding hydrogens is 166 g/mol. The molecule has 4 nitrogen and oxygen atoms in total. The van der Waals surface area contributed by atoms with Gasteiger partial charge in [0.25, 0.3) is 0 Å². The molecule has 0 aliphatic heterocycles. The number of carbonyl (C=O) groups excluding carboxylic acids is 1. The van der Waals surface area contributed by atoms with Gasteiger partial charge in [-0.2, -0.15) is 0 Å². The first kappa shape index (κ1) is 12.4. The third kappa shape index (κ3) is 7.74. The zero-order chi connectivity index (χ0) is 10.3. The van der Waals surface area contributed by atoms with Crippen molar-refractivity contribution in [2.45, 2.75) is 0 Å². The average Bonchev–Trinajstić information content (AvgIpc) is 2.10. The molecule has 0 aromatic carbocycles. The van der Waals surface area contributed by atoms with Crippen LogP contribution in [0.3, 0.4) is 0 Å². The molecule has 0 radical (unpaired) electrons. The molecule has 0 atom stereocenters. The molecule has 0 rings (SSSR count). The van der Waals surface area contributed by atoms with Crippen molar-refractivity contribution in [2.75, 3.05) is 54.4 Å². The monoisotopic (exact) mass is 187 g/mol. The fourth-order valence-electron chi connectivity index (χ4n) is 0.864. The minimum atomic E-state index is 0.799. The number of amides is 1. The van der Waals surface area contributed by atoms with Crippen LogP contribution in [0, 0.1) is 0 Å². The molecule has 13 heavy (non-hydrogen) atoms. The predicted molar refractivity (Wildman–Crippen MR) is 54.7 cm³/mol. The Morgan fingerprint density at radius 1 is 0.923 bits per heavy atom. The van der Waals surface area contributed by atoms with E-state index in [9.17, 15) is 4.79 Å². The largest absolute Gasteiger partial charge is 0.347 e. The number of likely N-dealkylation sites (N-methyl/N-ethyl adjacent to an activating group) is 3. The van der Waals surface area contributed by atoms with E-state index in [0.29, 0.717) is 0 Å². The number of nitrogens with zero attached hydrogens (tertiary/aromatic N) is 3. The molecule has 0 aliphatic carbocycles. The molecule has 0 N–H and O–H groups in total. The van der Waals surface area contributed by atoms with Gasteiger partial charge in [-0.05, 0) is 21.1 Å². The Morgan fingerprint density at radius 3 is 1.92 bits per heavy atom. The minimum Gasteiger partial charge on any atom is -0.347 e. The molecule has 1 amide bonds. The Balaban J connectivity index is 3.39. The van der Waals surface area contributed by atoms with Crippen LogP contribution in [0.1, 0.15) is 0 Å². The molecule has 0 unspecified atom stereocenters. The van der Waals surface area contributed by atoms with Crippen LogP contribution in [-0.2, 0) is 4.79 Å². The summed E-state index contributed by atoms with van der Waals surface area (Å²) in [6, 6.07) is 0. The lowest BCUT2D eigenvalue weighted by Gasteiger charge is -2.21. The first-order valence-corrected chi connectivity index (χ1v) is 4.55. The second-order valence-electron chi connectivity index (χ2n) is 3.69. The maximum Gasteiger partial charge on any atom is 0.209 e. The third-order valence-corrected chi connectivity index (χ3v) is 1.94. The highest BCUT2D eigenvalue weighted by Crippen LogP contribution is 1.85. The number of hydrogen-bond donors (Lipinski definition) is 0. The van der Waals surface area contributed by atoms with Gasteiger partial charge in [0.2, 0.25) is 6.41 Å². The summed E-state index contributed by atoms with van der Waals surface area (Å²) in [5.41, 5.74) is 0. The molecule has 0 fully saturated rings. The molecule has 0 saturated heterocycles. The number of carbonyl (C=O) groups is 1. The van der Waals surface area contributed by atoms with Gasteiger partial charge in [-0.1, -0.05) is 0 Å². The standard InChI is InChI=1S/C9H21N3O/c1-10(2)5-6-11(3)7-8-12(4)9-13/h9H,5-8H2,1-4H3. The number of hydrogen-bond acceptors (Lipinski definition) is 3. The summed E-state index contributed by atoms with van der Waals surface area (Å²) in [6.45, 7) is 3.83.